The van der Waals surface area contributed by atoms with Crippen LogP contribution in [0.4, 0.5) is 0 Å². The molecule has 9 rings (SSSR count). The predicted octanol–water partition coefficient (Wildman–Crippen LogP) is 9.28. The van der Waals surface area contributed by atoms with Crippen molar-refractivity contribution in [1.29, 1.82) is 0 Å². The minimum absolute atomic E-state index is 0.383. The molecule has 3 heterocycles. The SMILES string of the molecule is c1ccc2c(c1)Sc1ccc(-c3ccc4ccc5cccnc5c4n3)cc1C21c2ccccc2-c2ccccc21. The van der Waals surface area contributed by atoms with Crippen LogP contribution < -0.4 is 0 Å². The quantitative estimate of drug-likeness (QED) is 0.199. The molecule has 186 valence electrons. The van der Waals surface area contributed by atoms with Crippen molar-refractivity contribution < 1.29 is 0 Å². The normalized spacial score (nSPS) is 14.1. The predicted molar refractivity (Wildman–Crippen MR) is 164 cm³/mol. The van der Waals surface area contributed by atoms with Gasteiger partial charge in [-0.25, -0.2) is 4.98 Å². The zero-order valence-corrected chi connectivity index (χ0v) is 22.3. The standard InChI is InChI=1S/C37H22N2S/c1-3-11-28-26(9-1)27-10-2-4-12-29(27)37(28)30-13-5-6-14-33(30)40-34-20-18-25(22-31(34)37)32-19-17-24-16-15-23-8-7-21-38-35(23)36(24)39-32/h1-22H. The number of fused-ring (bicyclic) bond motifs is 12. The molecule has 7 aromatic rings. The number of benzene rings is 5. The van der Waals surface area contributed by atoms with Crippen molar-refractivity contribution in [2.24, 2.45) is 0 Å². The molecule has 2 aliphatic rings. The summed E-state index contributed by atoms with van der Waals surface area (Å²) in [7, 11) is 0. The lowest BCUT2D eigenvalue weighted by atomic mass is 9.67. The van der Waals surface area contributed by atoms with Gasteiger partial charge in [-0.3, -0.25) is 4.98 Å². The molecule has 0 unspecified atom stereocenters. The molecule has 0 saturated carbocycles. The van der Waals surface area contributed by atoms with Crippen LogP contribution in [0.2, 0.25) is 0 Å². The smallest absolute Gasteiger partial charge is 0.0972 e. The van der Waals surface area contributed by atoms with Crippen molar-refractivity contribution >= 4 is 33.6 Å². The number of nitrogens with zero attached hydrogens (tertiary/aromatic N) is 2. The molecule has 0 saturated heterocycles. The van der Waals surface area contributed by atoms with Crippen molar-refractivity contribution in [2.75, 3.05) is 0 Å². The van der Waals surface area contributed by atoms with Crippen LogP contribution in [0.25, 0.3) is 44.2 Å². The van der Waals surface area contributed by atoms with Crippen molar-refractivity contribution in [2.45, 2.75) is 15.2 Å². The lowest BCUT2D eigenvalue weighted by Gasteiger charge is -2.39. The number of rotatable bonds is 1. The maximum absolute atomic E-state index is 5.20. The molecule has 1 aliphatic heterocycles. The first-order valence-corrected chi connectivity index (χ1v) is 14.4. The van der Waals surface area contributed by atoms with Crippen molar-refractivity contribution in [3.05, 3.63) is 156 Å². The van der Waals surface area contributed by atoms with Gasteiger partial charge in [0.2, 0.25) is 0 Å². The van der Waals surface area contributed by atoms with Gasteiger partial charge >= 0.3 is 0 Å². The van der Waals surface area contributed by atoms with Crippen molar-refractivity contribution in [1.82, 2.24) is 9.97 Å². The molecule has 5 aromatic carbocycles. The highest BCUT2D eigenvalue weighted by molar-refractivity contribution is 7.99. The summed E-state index contributed by atoms with van der Waals surface area (Å²) in [5.41, 5.74) is 11.6. The fourth-order valence-electron chi connectivity index (χ4n) is 6.90. The van der Waals surface area contributed by atoms with Gasteiger partial charge in [-0.15, -0.1) is 0 Å². The van der Waals surface area contributed by atoms with E-state index in [9.17, 15) is 0 Å². The Bertz CT molecular complexity index is 2120. The third kappa shape index (κ3) is 2.85. The Balaban J connectivity index is 1.35. The summed E-state index contributed by atoms with van der Waals surface area (Å²) in [4.78, 5) is 12.5. The summed E-state index contributed by atoms with van der Waals surface area (Å²) >= 11 is 1.87. The third-order valence-electron chi connectivity index (χ3n) is 8.57. The van der Waals surface area contributed by atoms with Gasteiger partial charge in [0.05, 0.1) is 22.1 Å². The van der Waals surface area contributed by atoms with E-state index in [0.717, 1.165) is 33.1 Å². The molecule has 1 aliphatic carbocycles. The lowest BCUT2D eigenvalue weighted by Crippen LogP contribution is -2.32. The van der Waals surface area contributed by atoms with E-state index < -0.39 is 0 Å². The van der Waals surface area contributed by atoms with Crippen LogP contribution >= 0.6 is 11.8 Å². The monoisotopic (exact) mass is 526 g/mol. The second-order valence-corrected chi connectivity index (χ2v) is 11.6. The Morgan fingerprint density at radius 1 is 0.500 bits per heavy atom. The number of hydrogen-bond acceptors (Lipinski definition) is 3. The molecular formula is C37H22N2S. The Morgan fingerprint density at radius 2 is 1.15 bits per heavy atom. The molecule has 0 bridgehead atoms. The van der Waals surface area contributed by atoms with E-state index in [4.69, 9.17) is 4.98 Å². The highest BCUT2D eigenvalue weighted by atomic mass is 32.2. The van der Waals surface area contributed by atoms with E-state index in [-0.39, 0.29) is 5.41 Å². The zero-order chi connectivity index (χ0) is 26.3. The first kappa shape index (κ1) is 22.1. The minimum Gasteiger partial charge on any atom is -0.254 e. The van der Waals surface area contributed by atoms with Crippen LogP contribution in [0.5, 0.6) is 0 Å². The molecule has 0 radical (unpaired) electrons. The fraction of sp³-hybridized carbons (Fsp3) is 0.0270. The van der Waals surface area contributed by atoms with Gasteiger partial charge in [0.15, 0.2) is 0 Å². The van der Waals surface area contributed by atoms with Crippen LogP contribution in [0.3, 0.4) is 0 Å². The van der Waals surface area contributed by atoms with Crippen LogP contribution in [0.15, 0.2) is 143 Å². The number of pyridine rings is 2. The molecular weight excluding hydrogens is 504 g/mol. The molecule has 0 fully saturated rings. The molecule has 1 spiro atoms. The van der Waals surface area contributed by atoms with E-state index in [1.807, 2.05) is 24.0 Å². The summed E-state index contributed by atoms with van der Waals surface area (Å²) in [5.74, 6) is 0. The van der Waals surface area contributed by atoms with Crippen LogP contribution in [-0.2, 0) is 5.41 Å². The van der Waals surface area contributed by atoms with E-state index in [2.05, 4.69) is 126 Å². The summed E-state index contributed by atoms with van der Waals surface area (Å²) < 4.78 is 0. The molecule has 0 amide bonds. The first-order valence-electron chi connectivity index (χ1n) is 13.6. The number of aromatic nitrogens is 2. The van der Waals surface area contributed by atoms with Gasteiger partial charge in [-0.1, -0.05) is 109 Å². The largest absolute Gasteiger partial charge is 0.254 e. The fourth-order valence-corrected chi connectivity index (χ4v) is 8.07. The molecule has 2 nitrogen and oxygen atoms in total. The molecule has 0 N–H and O–H groups in total. The Hall–Kier alpha value is -4.73. The summed E-state index contributed by atoms with van der Waals surface area (Å²) in [6, 6.07) is 46.4. The second-order valence-electron chi connectivity index (χ2n) is 10.6. The third-order valence-corrected chi connectivity index (χ3v) is 9.73. The highest BCUT2D eigenvalue weighted by Crippen LogP contribution is 2.62. The summed E-state index contributed by atoms with van der Waals surface area (Å²) in [6.07, 6.45) is 1.85. The molecule has 40 heavy (non-hydrogen) atoms. The van der Waals surface area contributed by atoms with Gasteiger partial charge in [0.25, 0.3) is 0 Å². The van der Waals surface area contributed by atoms with E-state index in [0.29, 0.717) is 0 Å². The van der Waals surface area contributed by atoms with Crippen LogP contribution in [0.1, 0.15) is 22.3 Å². The maximum atomic E-state index is 5.20. The first-order chi connectivity index (χ1) is 19.8. The number of hydrogen-bond donors (Lipinski definition) is 0. The Morgan fingerprint density at radius 3 is 1.95 bits per heavy atom. The van der Waals surface area contributed by atoms with E-state index in [1.165, 1.54) is 43.2 Å². The average molecular weight is 527 g/mol. The topological polar surface area (TPSA) is 25.8 Å². The average Bonchev–Trinajstić information content (AvgIpc) is 3.32. The van der Waals surface area contributed by atoms with Crippen molar-refractivity contribution in [3.63, 3.8) is 0 Å². The van der Waals surface area contributed by atoms with E-state index in [1.54, 1.807) is 0 Å². The molecule has 0 atom stereocenters. The Labute approximate surface area is 236 Å². The van der Waals surface area contributed by atoms with E-state index >= 15 is 0 Å². The summed E-state index contributed by atoms with van der Waals surface area (Å²) in [6.45, 7) is 0. The van der Waals surface area contributed by atoms with Gasteiger partial charge in [0.1, 0.15) is 0 Å². The summed E-state index contributed by atoms with van der Waals surface area (Å²) in [5, 5.41) is 2.21. The highest BCUT2D eigenvalue weighted by Gasteiger charge is 2.50. The zero-order valence-electron chi connectivity index (χ0n) is 21.5. The van der Waals surface area contributed by atoms with Gasteiger partial charge in [-0.2, -0.15) is 0 Å². The van der Waals surface area contributed by atoms with Crippen molar-refractivity contribution in [3.8, 4) is 22.4 Å². The molecule has 3 heteroatoms. The van der Waals surface area contributed by atoms with Gasteiger partial charge in [0, 0.05) is 32.3 Å². The van der Waals surface area contributed by atoms with Gasteiger partial charge in [-0.05, 0) is 63.7 Å². The van der Waals surface area contributed by atoms with Gasteiger partial charge < -0.3 is 0 Å². The Kier molecular flexibility index (Phi) is 4.50. The van der Waals surface area contributed by atoms with Crippen LogP contribution in [0, 0.1) is 0 Å². The molecule has 2 aromatic heterocycles. The lowest BCUT2D eigenvalue weighted by molar-refractivity contribution is 0.722. The minimum atomic E-state index is -0.383. The van der Waals surface area contributed by atoms with Crippen LogP contribution in [-0.4, -0.2) is 9.97 Å². The maximum Gasteiger partial charge on any atom is 0.0972 e. The second kappa shape index (κ2) is 8.14.